The number of nitrogens with zero attached hydrogens (tertiary/aromatic N) is 1. The molecule has 0 spiro atoms. The summed E-state index contributed by atoms with van der Waals surface area (Å²) in [4.78, 5) is 13.3. The Morgan fingerprint density at radius 1 is 1.20 bits per heavy atom. The van der Waals surface area contributed by atoms with E-state index in [-0.39, 0.29) is 32.3 Å². The number of β-amino-alcohol motifs (C(OH)–C–C–N with tert-alkyl or cyclic N) is 1. The van der Waals surface area contributed by atoms with Gasteiger partial charge in [-0.25, -0.2) is 0 Å². The molecule has 0 aromatic rings. The first-order valence-electron chi connectivity index (χ1n) is 8.82. The fraction of sp³-hybridized carbons (Fsp3) is 0.722. The number of unbranched alkanes of at least 4 members (excludes halogenated alkanes) is 1. The molecular formula is C18H31NO6. The monoisotopic (exact) mass is 357 g/mol. The summed E-state index contributed by atoms with van der Waals surface area (Å²) >= 11 is 0. The van der Waals surface area contributed by atoms with Gasteiger partial charge >= 0.3 is 5.97 Å². The summed E-state index contributed by atoms with van der Waals surface area (Å²) in [5.41, 5.74) is 0. The number of ether oxygens (including phenoxy) is 1. The van der Waals surface area contributed by atoms with Crippen LogP contribution in [0.15, 0.2) is 24.3 Å². The van der Waals surface area contributed by atoms with E-state index in [4.69, 9.17) is 4.74 Å². The summed E-state index contributed by atoms with van der Waals surface area (Å²) in [5, 5.41) is 38.6. The lowest BCUT2D eigenvalue weighted by Gasteiger charge is -2.42. The number of aliphatic hydroxyl groups excluding tert-OH is 4. The maximum absolute atomic E-state index is 11.7. The van der Waals surface area contributed by atoms with Crippen molar-refractivity contribution in [1.82, 2.24) is 4.90 Å². The highest BCUT2D eigenvalue weighted by molar-refractivity contribution is 5.69. The quantitative estimate of drug-likeness (QED) is 0.247. The summed E-state index contributed by atoms with van der Waals surface area (Å²) in [6.07, 6.45) is 7.30. The predicted octanol–water partition coefficient (Wildman–Crippen LogP) is -0.0185. The van der Waals surface area contributed by atoms with Crippen LogP contribution in [0.3, 0.4) is 0 Å². The van der Waals surface area contributed by atoms with E-state index in [2.05, 4.69) is 12.2 Å². The molecule has 0 aromatic heterocycles. The van der Waals surface area contributed by atoms with Crippen LogP contribution in [0, 0.1) is 0 Å². The molecule has 7 nitrogen and oxygen atoms in total. The Kier molecular flexibility index (Phi) is 10.6. The van der Waals surface area contributed by atoms with Gasteiger partial charge in [0.25, 0.3) is 0 Å². The molecule has 1 rings (SSSR count). The number of hydrogen-bond acceptors (Lipinski definition) is 7. The summed E-state index contributed by atoms with van der Waals surface area (Å²) < 4.78 is 5.16. The number of likely N-dealkylation sites (tertiary alicyclic amines) is 1. The fourth-order valence-electron chi connectivity index (χ4n) is 2.78. The van der Waals surface area contributed by atoms with E-state index in [1.54, 1.807) is 4.90 Å². The van der Waals surface area contributed by atoms with Crippen molar-refractivity contribution >= 4 is 5.97 Å². The second-order valence-electron chi connectivity index (χ2n) is 6.18. The first-order chi connectivity index (χ1) is 12.0. The van der Waals surface area contributed by atoms with Crippen LogP contribution < -0.4 is 0 Å². The van der Waals surface area contributed by atoms with Crippen LogP contribution >= 0.6 is 0 Å². The van der Waals surface area contributed by atoms with Crippen molar-refractivity contribution in [3.8, 4) is 0 Å². The molecule has 4 N–H and O–H groups in total. The fourth-order valence-corrected chi connectivity index (χ4v) is 2.78. The molecule has 1 heterocycles. The van der Waals surface area contributed by atoms with Crippen molar-refractivity contribution in [3.63, 3.8) is 0 Å². The number of carbonyl (C=O) groups excluding carboxylic acids is 1. The first-order valence-corrected chi connectivity index (χ1v) is 8.82. The van der Waals surface area contributed by atoms with E-state index in [0.717, 1.165) is 19.3 Å². The smallest absolute Gasteiger partial charge is 0.305 e. The van der Waals surface area contributed by atoms with E-state index in [1.165, 1.54) is 0 Å². The average Bonchev–Trinajstić information content (AvgIpc) is 2.59. The third-order valence-electron chi connectivity index (χ3n) is 4.28. The van der Waals surface area contributed by atoms with Gasteiger partial charge in [0.05, 0.1) is 18.8 Å². The molecule has 0 radical (unpaired) electrons. The van der Waals surface area contributed by atoms with Crippen LogP contribution in [0.1, 0.15) is 32.6 Å². The Morgan fingerprint density at radius 2 is 1.96 bits per heavy atom. The third kappa shape index (κ3) is 7.66. The van der Waals surface area contributed by atoms with Crippen LogP contribution in [0.4, 0.5) is 0 Å². The van der Waals surface area contributed by atoms with Gasteiger partial charge in [-0.1, -0.05) is 24.3 Å². The van der Waals surface area contributed by atoms with Crippen molar-refractivity contribution < 1.29 is 30.0 Å². The lowest BCUT2D eigenvalue weighted by molar-refractivity contribution is -0.154. The Bertz CT molecular complexity index is 439. The molecule has 144 valence electrons. The van der Waals surface area contributed by atoms with Crippen molar-refractivity contribution in [2.24, 2.45) is 0 Å². The van der Waals surface area contributed by atoms with Gasteiger partial charge in [0.1, 0.15) is 18.8 Å². The zero-order valence-electron chi connectivity index (χ0n) is 14.8. The van der Waals surface area contributed by atoms with Gasteiger partial charge in [0, 0.05) is 19.5 Å². The summed E-state index contributed by atoms with van der Waals surface area (Å²) in [6.45, 7) is 2.12. The zero-order valence-corrected chi connectivity index (χ0v) is 14.8. The number of esters is 1. The van der Waals surface area contributed by atoms with Gasteiger partial charge in [-0.2, -0.15) is 0 Å². The second-order valence-corrected chi connectivity index (χ2v) is 6.18. The molecule has 4 atom stereocenters. The highest BCUT2D eigenvalue weighted by Crippen LogP contribution is 2.18. The van der Waals surface area contributed by atoms with Crippen LogP contribution in [0.2, 0.25) is 0 Å². The minimum atomic E-state index is -1.28. The Hall–Kier alpha value is -1.25. The number of piperidine rings is 1. The molecule has 0 unspecified atom stereocenters. The van der Waals surface area contributed by atoms with Gasteiger partial charge in [0.15, 0.2) is 0 Å². The topological polar surface area (TPSA) is 110 Å². The number of hydrogen-bond donors (Lipinski definition) is 4. The lowest BCUT2D eigenvalue weighted by Crippen LogP contribution is -2.62. The minimum Gasteiger partial charge on any atom is -0.464 e. The van der Waals surface area contributed by atoms with E-state index in [1.807, 2.05) is 19.1 Å². The standard InChI is InChI=1S/C18H31NO6/c1-2-3-4-5-6-7-8-9-16(22)25-11-10-19-12-15(21)18(24)17(23)14(19)13-20/h2-3,5-6,14-15,17-18,20-21,23-24H,4,7-13H2,1H3/t14-,15+,17-,18-/m1/s1. The van der Waals surface area contributed by atoms with Crippen LogP contribution in [-0.2, 0) is 9.53 Å². The third-order valence-corrected chi connectivity index (χ3v) is 4.28. The Labute approximate surface area is 149 Å². The van der Waals surface area contributed by atoms with Crippen LogP contribution in [0.5, 0.6) is 0 Å². The summed E-state index contributed by atoms with van der Waals surface area (Å²) in [7, 11) is 0. The minimum absolute atomic E-state index is 0.109. The van der Waals surface area contributed by atoms with Crippen molar-refractivity contribution in [2.45, 2.75) is 57.0 Å². The maximum Gasteiger partial charge on any atom is 0.305 e. The molecule has 1 fully saturated rings. The molecule has 1 aliphatic heterocycles. The molecule has 0 amide bonds. The average molecular weight is 357 g/mol. The van der Waals surface area contributed by atoms with Gasteiger partial charge in [0.2, 0.25) is 0 Å². The highest BCUT2D eigenvalue weighted by atomic mass is 16.5. The summed E-state index contributed by atoms with van der Waals surface area (Å²) in [6, 6.07) is -0.681. The Balaban J connectivity index is 2.22. The largest absolute Gasteiger partial charge is 0.464 e. The zero-order chi connectivity index (χ0) is 18.7. The molecule has 1 aliphatic rings. The van der Waals surface area contributed by atoms with Gasteiger partial charge in [-0.15, -0.1) is 0 Å². The van der Waals surface area contributed by atoms with Crippen LogP contribution in [-0.4, -0.2) is 82.0 Å². The molecule has 0 aromatic carbocycles. The van der Waals surface area contributed by atoms with E-state index in [0.29, 0.717) is 6.42 Å². The number of aliphatic hydroxyl groups is 4. The molecule has 25 heavy (non-hydrogen) atoms. The Morgan fingerprint density at radius 3 is 2.64 bits per heavy atom. The van der Waals surface area contributed by atoms with Gasteiger partial charge < -0.3 is 25.2 Å². The van der Waals surface area contributed by atoms with Gasteiger partial charge in [-0.05, 0) is 26.2 Å². The van der Waals surface area contributed by atoms with Crippen LogP contribution in [0.25, 0.3) is 0 Å². The lowest BCUT2D eigenvalue weighted by atomic mass is 9.94. The molecule has 0 saturated carbocycles. The second kappa shape index (κ2) is 12.2. The first kappa shape index (κ1) is 21.8. The van der Waals surface area contributed by atoms with Crippen molar-refractivity contribution in [1.29, 1.82) is 0 Å². The molecule has 0 bridgehead atoms. The maximum atomic E-state index is 11.7. The van der Waals surface area contributed by atoms with Crippen molar-refractivity contribution in [3.05, 3.63) is 24.3 Å². The van der Waals surface area contributed by atoms with Crippen molar-refractivity contribution in [2.75, 3.05) is 26.3 Å². The SMILES string of the molecule is CC=CCC=CCCCC(=O)OCCN1C[C@H](O)[C@@H](O)[C@H](O)[C@H]1CO. The molecule has 0 aliphatic carbocycles. The molecule has 1 saturated heterocycles. The number of rotatable bonds is 10. The molecular weight excluding hydrogens is 326 g/mol. The normalized spacial score (nSPS) is 28.0. The number of carbonyl (C=O) groups is 1. The predicted molar refractivity (Wildman–Crippen MR) is 93.8 cm³/mol. The van der Waals surface area contributed by atoms with E-state index in [9.17, 15) is 25.2 Å². The van der Waals surface area contributed by atoms with E-state index >= 15 is 0 Å². The summed E-state index contributed by atoms with van der Waals surface area (Å²) in [5.74, 6) is -0.291. The number of allylic oxidation sites excluding steroid dienone is 4. The molecule has 7 heteroatoms. The van der Waals surface area contributed by atoms with E-state index < -0.39 is 24.4 Å². The highest BCUT2D eigenvalue weighted by Gasteiger charge is 2.40. The van der Waals surface area contributed by atoms with Gasteiger partial charge in [-0.3, -0.25) is 9.69 Å².